The summed E-state index contributed by atoms with van der Waals surface area (Å²) in [5.74, 6) is 0.222. The number of nitro benzene ring substituents is 1. The molecule has 2 aromatic rings. The van der Waals surface area contributed by atoms with Gasteiger partial charge in [0.05, 0.1) is 4.92 Å². The van der Waals surface area contributed by atoms with Gasteiger partial charge >= 0.3 is 0 Å². The molecule has 1 N–H and O–H groups in total. The van der Waals surface area contributed by atoms with Crippen molar-refractivity contribution in [3.63, 3.8) is 0 Å². The van der Waals surface area contributed by atoms with Crippen molar-refractivity contribution in [1.82, 2.24) is 4.90 Å². The van der Waals surface area contributed by atoms with Gasteiger partial charge in [0.25, 0.3) is 5.69 Å². The molecule has 0 unspecified atom stereocenters. The number of hydrogen-bond donors (Lipinski definition) is 1. The summed E-state index contributed by atoms with van der Waals surface area (Å²) in [5, 5.41) is 13.8. The lowest BCUT2D eigenvalue weighted by Gasteiger charge is -2.36. The van der Waals surface area contributed by atoms with Crippen LogP contribution < -0.4 is 10.2 Å². The highest BCUT2D eigenvalue weighted by molar-refractivity contribution is 6.32. The summed E-state index contributed by atoms with van der Waals surface area (Å²) in [4.78, 5) is 39.0. The fourth-order valence-corrected chi connectivity index (χ4v) is 3.76. The van der Waals surface area contributed by atoms with Crippen molar-refractivity contribution in [3.05, 3.63) is 69.2 Å². The van der Waals surface area contributed by atoms with Crippen LogP contribution in [-0.4, -0.2) is 47.8 Å². The maximum atomic E-state index is 12.2. The molecule has 1 aliphatic rings. The monoisotopic (exact) mass is 470 g/mol. The van der Waals surface area contributed by atoms with Crippen molar-refractivity contribution in [1.29, 1.82) is 0 Å². The maximum Gasteiger partial charge on any atom is 0.288 e. The number of piperazine rings is 1. The van der Waals surface area contributed by atoms with Crippen LogP contribution in [0.3, 0.4) is 0 Å². The molecule has 1 saturated heterocycles. The van der Waals surface area contributed by atoms with E-state index in [2.05, 4.69) is 10.2 Å². The molecule has 1 fully saturated rings. The number of amides is 2. The van der Waals surface area contributed by atoms with Crippen LogP contribution in [0.5, 0.6) is 0 Å². The highest BCUT2D eigenvalue weighted by Gasteiger charge is 2.21. The van der Waals surface area contributed by atoms with E-state index in [1.165, 1.54) is 24.3 Å². The lowest BCUT2D eigenvalue weighted by molar-refractivity contribution is -0.384. The van der Waals surface area contributed by atoms with E-state index in [0.29, 0.717) is 36.7 Å². The van der Waals surface area contributed by atoms with Gasteiger partial charge in [0, 0.05) is 56.1 Å². The average Bonchev–Trinajstić information content (AvgIpc) is 2.78. The number of halogens is 1. The fourth-order valence-electron chi connectivity index (χ4n) is 3.58. The van der Waals surface area contributed by atoms with Crippen LogP contribution in [-0.2, 0) is 9.59 Å². The summed E-state index contributed by atoms with van der Waals surface area (Å²) in [6.07, 6.45) is 3.39. The second-order valence-electron chi connectivity index (χ2n) is 8.30. The van der Waals surface area contributed by atoms with E-state index in [9.17, 15) is 19.7 Å². The van der Waals surface area contributed by atoms with Crippen LogP contribution in [0.25, 0.3) is 6.08 Å². The predicted molar refractivity (Wildman–Crippen MR) is 130 cm³/mol. The summed E-state index contributed by atoms with van der Waals surface area (Å²) in [6.45, 7) is 7.05. The number of nitrogens with zero attached hydrogens (tertiary/aromatic N) is 3. The first-order chi connectivity index (χ1) is 15.7. The molecule has 0 bridgehead atoms. The van der Waals surface area contributed by atoms with Crippen molar-refractivity contribution in [2.45, 2.75) is 20.3 Å². The molecule has 0 atom stereocenters. The Kier molecular flexibility index (Phi) is 8.06. The van der Waals surface area contributed by atoms with Crippen molar-refractivity contribution >= 4 is 46.6 Å². The zero-order valence-corrected chi connectivity index (χ0v) is 19.4. The number of carbonyl (C=O) groups excluding carboxylic acids is 2. The van der Waals surface area contributed by atoms with Gasteiger partial charge in [0.2, 0.25) is 11.8 Å². The standard InChI is InChI=1S/C24H27ClN4O4/c1-17(2)15-24(31)28-13-11-27(12-14-28)20-7-5-19(6-8-20)26-23(30)10-4-18-3-9-21(25)22(16-18)29(32)33/h3-10,16-17H,11-15H2,1-2H3,(H,26,30)/b10-4+. The maximum absolute atomic E-state index is 12.2. The van der Waals surface area contributed by atoms with Crippen LogP contribution in [0.4, 0.5) is 17.1 Å². The van der Waals surface area contributed by atoms with Gasteiger partial charge in [-0.05, 0) is 47.9 Å². The molecule has 0 radical (unpaired) electrons. The Labute approximate surface area is 198 Å². The first kappa shape index (κ1) is 24.3. The van der Waals surface area contributed by atoms with Gasteiger partial charge < -0.3 is 15.1 Å². The Morgan fingerprint density at radius 2 is 1.79 bits per heavy atom. The van der Waals surface area contributed by atoms with Crippen LogP contribution in [0.2, 0.25) is 5.02 Å². The molecule has 33 heavy (non-hydrogen) atoms. The van der Waals surface area contributed by atoms with E-state index in [-0.39, 0.29) is 22.5 Å². The third-order valence-corrected chi connectivity index (χ3v) is 5.63. The summed E-state index contributed by atoms with van der Waals surface area (Å²) in [7, 11) is 0. The molecular weight excluding hydrogens is 444 g/mol. The van der Waals surface area contributed by atoms with E-state index in [1.807, 2.05) is 43.0 Å². The minimum atomic E-state index is -0.565. The third-order valence-electron chi connectivity index (χ3n) is 5.31. The molecule has 0 aromatic heterocycles. The van der Waals surface area contributed by atoms with Crippen molar-refractivity contribution in [2.75, 3.05) is 36.4 Å². The molecule has 1 heterocycles. The second kappa shape index (κ2) is 11.0. The highest BCUT2D eigenvalue weighted by atomic mass is 35.5. The molecule has 0 aliphatic carbocycles. The lowest BCUT2D eigenvalue weighted by atomic mass is 10.1. The third kappa shape index (κ3) is 6.79. The van der Waals surface area contributed by atoms with Crippen LogP contribution in [0, 0.1) is 16.0 Å². The van der Waals surface area contributed by atoms with Gasteiger partial charge in [-0.15, -0.1) is 0 Å². The van der Waals surface area contributed by atoms with Crippen LogP contribution in [0.1, 0.15) is 25.8 Å². The molecule has 174 valence electrons. The second-order valence-corrected chi connectivity index (χ2v) is 8.71. The fraction of sp³-hybridized carbons (Fsp3) is 0.333. The van der Waals surface area contributed by atoms with Gasteiger partial charge in [-0.1, -0.05) is 31.5 Å². The Balaban J connectivity index is 1.53. The number of benzene rings is 2. The molecule has 3 rings (SSSR count). The molecule has 0 saturated carbocycles. The summed E-state index contributed by atoms with van der Waals surface area (Å²) in [5.41, 5.74) is 1.97. The van der Waals surface area contributed by atoms with Crippen molar-refractivity contribution < 1.29 is 14.5 Å². The van der Waals surface area contributed by atoms with Gasteiger partial charge in [-0.3, -0.25) is 19.7 Å². The zero-order chi connectivity index (χ0) is 24.0. The molecule has 2 amide bonds. The lowest BCUT2D eigenvalue weighted by Crippen LogP contribution is -2.49. The van der Waals surface area contributed by atoms with Crippen LogP contribution >= 0.6 is 11.6 Å². The molecule has 2 aromatic carbocycles. The van der Waals surface area contributed by atoms with Gasteiger partial charge in [-0.25, -0.2) is 0 Å². The number of nitrogens with one attached hydrogen (secondary N) is 1. The summed E-state index contributed by atoms with van der Waals surface area (Å²) < 4.78 is 0. The number of nitro groups is 1. The Hall–Kier alpha value is -3.39. The summed E-state index contributed by atoms with van der Waals surface area (Å²) >= 11 is 5.80. The first-order valence-corrected chi connectivity index (χ1v) is 11.2. The first-order valence-electron chi connectivity index (χ1n) is 10.8. The Bertz CT molecular complexity index is 1040. The SMILES string of the molecule is CC(C)CC(=O)N1CCN(c2ccc(NC(=O)/C=C/c3ccc(Cl)c([N+](=O)[O-])c3)cc2)CC1. The minimum absolute atomic E-state index is 0.0465. The quantitative estimate of drug-likeness (QED) is 0.362. The zero-order valence-electron chi connectivity index (χ0n) is 18.7. The minimum Gasteiger partial charge on any atom is -0.368 e. The van der Waals surface area contributed by atoms with Gasteiger partial charge in [0.1, 0.15) is 5.02 Å². The van der Waals surface area contributed by atoms with Crippen LogP contribution in [0.15, 0.2) is 48.5 Å². The molecule has 9 heteroatoms. The number of anilines is 2. The van der Waals surface area contributed by atoms with E-state index in [4.69, 9.17) is 11.6 Å². The molecular formula is C24H27ClN4O4. The van der Waals surface area contributed by atoms with E-state index >= 15 is 0 Å². The Morgan fingerprint density at radius 3 is 2.39 bits per heavy atom. The molecule has 8 nitrogen and oxygen atoms in total. The molecule has 1 aliphatic heterocycles. The van der Waals surface area contributed by atoms with Crippen molar-refractivity contribution in [3.8, 4) is 0 Å². The average molecular weight is 471 g/mol. The van der Waals surface area contributed by atoms with Gasteiger partial charge in [0.15, 0.2) is 0 Å². The van der Waals surface area contributed by atoms with Crippen molar-refractivity contribution in [2.24, 2.45) is 5.92 Å². The topological polar surface area (TPSA) is 95.8 Å². The number of rotatable bonds is 7. The Morgan fingerprint density at radius 1 is 1.12 bits per heavy atom. The predicted octanol–water partition coefficient (Wildman–Crippen LogP) is 4.59. The smallest absolute Gasteiger partial charge is 0.288 e. The number of hydrogen-bond acceptors (Lipinski definition) is 5. The normalized spacial score (nSPS) is 14.1. The number of carbonyl (C=O) groups is 2. The van der Waals surface area contributed by atoms with E-state index in [0.717, 1.165) is 18.8 Å². The largest absolute Gasteiger partial charge is 0.368 e. The van der Waals surface area contributed by atoms with Gasteiger partial charge in [-0.2, -0.15) is 0 Å². The summed E-state index contributed by atoms with van der Waals surface area (Å²) in [6, 6.07) is 11.9. The van der Waals surface area contributed by atoms with E-state index < -0.39 is 4.92 Å². The van der Waals surface area contributed by atoms with E-state index in [1.54, 1.807) is 6.07 Å². The highest BCUT2D eigenvalue weighted by Crippen LogP contribution is 2.25. The molecule has 0 spiro atoms.